The van der Waals surface area contributed by atoms with Crippen molar-refractivity contribution in [3.63, 3.8) is 0 Å². The Morgan fingerprint density at radius 3 is 2.38 bits per heavy atom. The van der Waals surface area contributed by atoms with E-state index in [0.29, 0.717) is 17.1 Å². The maximum absolute atomic E-state index is 13.5. The Bertz CT molecular complexity index is 1440. The molecule has 5 aromatic rings. The number of amides is 1. The van der Waals surface area contributed by atoms with Gasteiger partial charge in [-0.2, -0.15) is 0 Å². The SMILES string of the molecule is Cc1ccccc1-n1nc(C(=O)Nc2ccc3ccccc3c2)nc1-c1ccc(F)cc1. The van der Waals surface area contributed by atoms with Crippen molar-refractivity contribution in [3.8, 4) is 17.1 Å². The molecule has 0 bridgehead atoms. The Morgan fingerprint density at radius 1 is 0.875 bits per heavy atom. The normalized spacial score (nSPS) is 10.9. The largest absolute Gasteiger partial charge is 0.319 e. The summed E-state index contributed by atoms with van der Waals surface area (Å²) >= 11 is 0. The van der Waals surface area contributed by atoms with E-state index in [1.165, 1.54) is 12.1 Å². The fourth-order valence-corrected chi connectivity index (χ4v) is 3.62. The fraction of sp³-hybridized carbons (Fsp3) is 0.0385. The molecular formula is C26H19FN4O. The van der Waals surface area contributed by atoms with Gasteiger partial charge in [0.1, 0.15) is 5.82 Å². The number of halogens is 1. The van der Waals surface area contributed by atoms with Gasteiger partial charge in [0.15, 0.2) is 5.82 Å². The number of rotatable bonds is 4. The number of aromatic nitrogens is 3. The molecule has 0 unspecified atom stereocenters. The number of carbonyl (C=O) groups excluding carboxylic acids is 1. The summed E-state index contributed by atoms with van der Waals surface area (Å²) in [7, 11) is 0. The molecule has 0 spiro atoms. The standard InChI is InChI=1S/C26H19FN4O/c1-17-6-2-5-9-23(17)31-25(19-10-13-21(27)14-11-19)29-24(30-31)26(32)28-22-15-12-18-7-3-4-8-20(18)16-22/h2-16H,1H3,(H,28,32). The third-order valence-corrected chi connectivity index (χ3v) is 5.26. The molecule has 0 saturated carbocycles. The van der Waals surface area contributed by atoms with Crippen LogP contribution in [0.3, 0.4) is 0 Å². The summed E-state index contributed by atoms with van der Waals surface area (Å²) in [5, 5.41) is 9.49. The van der Waals surface area contributed by atoms with Crippen LogP contribution in [0.5, 0.6) is 0 Å². The van der Waals surface area contributed by atoms with E-state index >= 15 is 0 Å². The van der Waals surface area contributed by atoms with E-state index in [1.54, 1.807) is 16.8 Å². The molecule has 0 aliphatic carbocycles. The highest BCUT2D eigenvalue weighted by Gasteiger charge is 2.20. The van der Waals surface area contributed by atoms with Crippen LogP contribution in [-0.2, 0) is 0 Å². The Balaban J connectivity index is 1.54. The number of fused-ring (bicyclic) bond motifs is 1. The average Bonchev–Trinajstić information content (AvgIpc) is 3.25. The fourth-order valence-electron chi connectivity index (χ4n) is 3.62. The second kappa shape index (κ2) is 8.07. The molecule has 1 amide bonds. The van der Waals surface area contributed by atoms with Crippen molar-refractivity contribution in [3.05, 3.63) is 108 Å². The van der Waals surface area contributed by atoms with Crippen molar-refractivity contribution in [2.45, 2.75) is 6.92 Å². The van der Waals surface area contributed by atoms with Gasteiger partial charge in [0.2, 0.25) is 5.82 Å². The van der Waals surface area contributed by atoms with Gasteiger partial charge in [-0.3, -0.25) is 4.79 Å². The second-order valence-electron chi connectivity index (χ2n) is 7.48. The van der Waals surface area contributed by atoms with Crippen molar-refractivity contribution in [1.29, 1.82) is 0 Å². The molecule has 0 atom stereocenters. The molecule has 32 heavy (non-hydrogen) atoms. The van der Waals surface area contributed by atoms with Crippen LogP contribution in [0.1, 0.15) is 16.2 Å². The van der Waals surface area contributed by atoms with Crippen LogP contribution < -0.4 is 5.32 Å². The highest BCUT2D eigenvalue weighted by molar-refractivity contribution is 6.03. The Kier molecular flexibility index (Phi) is 4.95. The molecule has 0 aliphatic rings. The lowest BCUT2D eigenvalue weighted by atomic mass is 10.1. The summed E-state index contributed by atoms with van der Waals surface area (Å²) in [5.41, 5.74) is 3.09. The Hall–Kier alpha value is -4.32. The minimum absolute atomic E-state index is 0.0285. The summed E-state index contributed by atoms with van der Waals surface area (Å²) in [6.45, 7) is 1.96. The van der Waals surface area contributed by atoms with Gasteiger partial charge in [-0.15, -0.1) is 5.10 Å². The number of anilines is 1. The van der Waals surface area contributed by atoms with Crippen molar-refractivity contribution >= 4 is 22.4 Å². The number of hydrogen-bond acceptors (Lipinski definition) is 3. The van der Waals surface area contributed by atoms with E-state index in [4.69, 9.17) is 0 Å². The first-order valence-electron chi connectivity index (χ1n) is 10.2. The van der Waals surface area contributed by atoms with E-state index in [1.807, 2.05) is 73.7 Å². The van der Waals surface area contributed by atoms with Gasteiger partial charge in [-0.1, -0.05) is 48.5 Å². The van der Waals surface area contributed by atoms with Gasteiger partial charge in [-0.25, -0.2) is 14.1 Å². The quantitative estimate of drug-likeness (QED) is 0.399. The molecule has 1 heterocycles. The van der Waals surface area contributed by atoms with E-state index < -0.39 is 5.91 Å². The van der Waals surface area contributed by atoms with Crippen LogP contribution in [-0.4, -0.2) is 20.7 Å². The number of nitrogens with one attached hydrogen (secondary N) is 1. The van der Waals surface area contributed by atoms with Gasteiger partial charge in [0, 0.05) is 11.3 Å². The smallest absolute Gasteiger partial charge is 0.295 e. The third kappa shape index (κ3) is 3.74. The molecule has 6 heteroatoms. The topological polar surface area (TPSA) is 59.8 Å². The molecule has 5 nitrogen and oxygen atoms in total. The monoisotopic (exact) mass is 422 g/mol. The molecule has 0 radical (unpaired) electrons. The van der Waals surface area contributed by atoms with E-state index in [0.717, 1.165) is 22.0 Å². The third-order valence-electron chi connectivity index (χ3n) is 5.26. The summed E-state index contributed by atoms with van der Waals surface area (Å²) in [4.78, 5) is 17.5. The zero-order valence-electron chi connectivity index (χ0n) is 17.3. The lowest BCUT2D eigenvalue weighted by molar-refractivity contribution is 0.101. The number of carbonyl (C=O) groups is 1. The average molecular weight is 422 g/mol. The molecule has 5 rings (SSSR count). The lowest BCUT2D eigenvalue weighted by Crippen LogP contribution is -2.14. The highest BCUT2D eigenvalue weighted by atomic mass is 19.1. The van der Waals surface area contributed by atoms with Gasteiger partial charge in [-0.05, 0) is 65.7 Å². The maximum Gasteiger partial charge on any atom is 0.295 e. The van der Waals surface area contributed by atoms with Gasteiger partial charge in [0.25, 0.3) is 5.91 Å². The minimum atomic E-state index is -0.420. The van der Waals surface area contributed by atoms with Crippen LogP contribution in [0.4, 0.5) is 10.1 Å². The first-order chi connectivity index (χ1) is 15.6. The number of aryl methyl sites for hydroxylation is 1. The van der Waals surface area contributed by atoms with Crippen LogP contribution in [0.2, 0.25) is 0 Å². The van der Waals surface area contributed by atoms with Crippen LogP contribution in [0, 0.1) is 12.7 Å². The van der Waals surface area contributed by atoms with Crippen LogP contribution in [0.15, 0.2) is 91.0 Å². The molecule has 156 valence electrons. The maximum atomic E-state index is 13.5. The number of nitrogens with zero attached hydrogens (tertiary/aromatic N) is 3. The molecule has 0 saturated heterocycles. The summed E-state index contributed by atoms with van der Waals surface area (Å²) in [6.07, 6.45) is 0. The van der Waals surface area contributed by atoms with Gasteiger partial charge < -0.3 is 5.32 Å². The van der Waals surface area contributed by atoms with Crippen molar-refractivity contribution in [1.82, 2.24) is 14.8 Å². The predicted octanol–water partition coefficient (Wildman–Crippen LogP) is 5.79. The summed E-state index contributed by atoms with van der Waals surface area (Å²) < 4.78 is 15.1. The second-order valence-corrected chi connectivity index (χ2v) is 7.48. The number of benzene rings is 4. The Labute approximate surface area is 184 Å². The first-order valence-corrected chi connectivity index (χ1v) is 10.2. The molecular weight excluding hydrogens is 403 g/mol. The van der Waals surface area contributed by atoms with E-state index in [-0.39, 0.29) is 11.6 Å². The van der Waals surface area contributed by atoms with Crippen LogP contribution >= 0.6 is 0 Å². The molecule has 1 N–H and O–H groups in total. The lowest BCUT2D eigenvalue weighted by Gasteiger charge is -2.08. The van der Waals surface area contributed by atoms with Gasteiger partial charge >= 0.3 is 0 Å². The first kappa shape index (κ1) is 19.6. The zero-order chi connectivity index (χ0) is 22.1. The van der Waals surface area contributed by atoms with E-state index in [9.17, 15) is 9.18 Å². The molecule has 1 aromatic heterocycles. The Morgan fingerprint density at radius 2 is 1.59 bits per heavy atom. The number of hydrogen-bond donors (Lipinski definition) is 1. The number of para-hydroxylation sites is 1. The van der Waals surface area contributed by atoms with Crippen molar-refractivity contribution in [2.75, 3.05) is 5.32 Å². The van der Waals surface area contributed by atoms with Gasteiger partial charge in [0.05, 0.1) is 5.69 Å². The summed E-state index contributed by atoms with van der Waals surface area (Å²) in [6, 6.07) is 27.3. The zero-order valence-corrected chi connectivity index (χ0v) is 17.3. The van der Waals surface area contributed by atoms with Crippen molar-refractivity contribution in [2.24, 2.45) is 0 Å². The summed E-state index contributed by atoms with van der Waals surface area (Å²) in [5.74, 6) is -0.273. The minimum Gasteiger partial charge on any atom is -0.319 e. The highest BCUT2D eigenvalue weighted by Crippen LogP contribution is 2.24. The predicted molar refractivity (Wildman–Crippen MR) is 123 cm³/mol. The van der Waals surface area contributed by atoms with E-state index in [2.05, 4.69) is 15.4 Å². The van der Waals surface area contributed by atoms with Crippen LogP contribution in [0.25, 0.3) is 27.8 Å². The molecule has 0 fully saturated rings. The van der Waals surface area contributed by atoms with Crippen molar-refractivity contribution < 1.29 is 9.18 Å². The molecule has 4 aromatic carbocycles. The molecule has 0 aliphatic heterocycles.